The number of benzene rings is 1. The van der Waals surface area contributed by atoms with Gasteiger partial charge >= 0.3 is 0 Å². The van der Waals surface area contributed by atoms with E-state index in [0.29, 0.717) is 13.2 Å². The van der Waals surface area contributed by atoms with Gasteiger partial charge in [0.1, 0.15) is 13.2 Å². The molecule has 112 valence electrons. The van der Waals surface area contributed by atoms with Gasteiger partial charge in [-0.25, -0.2) is 0 Å². The van der Waals surface area contributed by atoms with E-state index in [0.717, 1.165) is 50.8 Å². The predicted molar refractivity (Wildman–Crippen MR) is 79.7 cm³/mol. The Bertz CT molecular complexity index is 405. The third-order valence-electron chi connectivity index (χ3n) is 3.59. The third-order valence-corrected chi connectivity index (χ3v) is 3.59. The summed E-state index contributed by atoms with van der Waals surface area (Å²) in [6.45, 7) is 10.4. The molecular weight excluding hydrogens is 254 g/mol. The topological polar surface area (TPSA) is 30.9 Å². The number of likely N-dealkylation sites (N-methyl/N-ethyl adjacent to an activating group) is 1. The largest absolute Gasteiger partial charge is 0.486 e. The zero-order valence-electron chi connectivity index (χ0n) is 12.6. The maximum Gasteiger partial charge on any atom is 0.161 e. The molecule has 0 spiro atoms. The summed E-state index contributed by atoms with van der Waals surface area (Å²) in [6, 6.07) is 6.13. The summed E-state index contributed by atoms with van der Waals surface area (Å²) in [5.74, 6) is 1.71. The average molecular weight is 279 g/mol. The van der Waals surface area contributed by atoms with E-state index in [1.807, 2.05) is 6.07 Å². The first kappa shape index (κ1) is 15.1. The molecule has 1 aliphatic heterocycles. The van der Waals surface area contributed by atoms with Crippen molar-refractivity contribution >= 4 is 0 Å². The Labute approximate surface area is 121 Å². The molecule has 0 radical (unpaired) electrons. The summed E-state index contributed by atoms with van der Waals surface area (Å²) in [5, 5.41) is 0. The average Bonchev–Trinajstić information content (AvgIpc) is 2.51. The van der Waals surface area contributed by atoms with Crippen molar-refractivity contribution in [3.63, 3.8) is 0 Å². The Kier molecular flexibility index (Phi) is 6.15. The molecule has 0 saturated carbocycles. The molecule has 4 nitrogen and oxygen atoms in total. The van der Waals surface area contributed by atoms with E-state index >= 15 is 0 Å². The highest BCUT2D eigenvalue weighted by atomic mass is 16.6. The fourth-order valence-electron chi connectivity index (χ4n) is 2.27. The van der Waals surface area contributed by atoms with Gasteiger partial charge in [-0.2, -0.15) is 0 Å². The van der Waals surface area contributed by atoms with Crippen LogP contribution >= 0.6 is 0 Å². The van der Waals surface area contributed by atoms with Crippen LogP contribution in [0.3, 0.4) is 0 Å². The Morgan fingerprint density at radius 2 is 1.80 bits per heavy atom. The molecule has 0 aromatic heterocycles. The van der Waals surface area contributed by atoms with Crippen molar-refractivity contribution in [1.82, 2.24) is 4.90 Å². The minimum atomic E-state index is 0.636. The summed E-state index contributed by atoms with van der Waals surface area (Å²) in [6.07, 6.45) is 0.912. The minimum Gasteiger partial charge on any atom is -0.486 e. The molecule has 0 aliphatic carbocycles. The molecule has 1 aliphatic rings. The van der Waals surface area contributed by atoms with Gasteiger partial charge in [0.05, 0.1) is 13.2 Å². The molecule has 2 rings (SSSR count). The zero-order valence-corrected chi connectivity index (χ0v) is 12.6. The quantitative estimate of drug-likeness (QED) is 0.684. The number of rotatable bonds is 8. The molecular formula is C16H25NO3. The summed E-state index contributed by atoms with van der Waals surface area (Å²) in [5.41, 5.74) is 1.23. The van der Waals surface area contributed by atoms with E-state index in [-0.39, 0.29) is 0 Å². The highest BCUT2D eigenvalue weighted by molar-refractivity contribution is 5.43. The molecule has 0 fully saturated rings. The van der Waals surface area contributed by atoms with Gasteiger partial charge in [0.2, 0.25) is 0 Å². The molecule has 1 heterocycles. The van der Waals surface area contributed by atoms with Crippen LogP contribution in [0.2, 0.25) is 0 Å². The van der Waals surface area contributed by atoms with Crippen molar-refractivity contribution in [3.8, 4) is 11.5 Å². The predicted octanol–water partition coefficient (Wildman–Crippen LogP) is 2.36. The summed E-state index contributed by atoms with van der Waals surface area (Å²) < 4.78 is 16.8. The van der Waals surface area contributed by atoms with Crippen molar-refractivity contribution < 1.29 is 14.2 Å². The minimum absolute atomic E-state index is 0.636. The van der Waals surface area contributed by atoms with E-state index in [1.165, 1.54) is 5.56 Å². The Hall–Kier alpha value is -1.26. The van der Waals surface area contributed by atoms with E-state index in [1.54, 1.807) is 0 Å². The van der Waals surface area contributed by atoms with E-state index in [2.05, 4.69) is 30.9 Å². The van der Waals surface area contributed by atoms with Crippen LogP contribution in [0.15, 0.2) is 18.2 Å². The zero-order chi connectivity index (χ0) is 14.2. The van der Waals surface area contributed by atoms with Gasteiger partial charge in [-0.1, -0.05) is 19.9 Å². The van der Waals surface area contributed by atoms with Crippen molar-refractivity contribution in [2.45, 2.75) is 20.3 Å². The second-order valence-electron chi connectivity index (χ2n) is 4.87. The van der Waals surface area contributed by atoms with E-state index in [9.17, 15) is 0 Å². The number of hydrogen-bond donors (Lipinski definition) is 0. The van der Waals surface area contributed by atoms with Gasteiger partial charge < -0.3 is 19.1 Å². The van der Waals surface area contributed by atoms with Crippen LogP contribution in [0.25, 0.3) is 0 Å². The molecule has 1 aromatic carbocycles. The molecule has 0 bridgehead atoms. The van der Waals surface area contributed by atoms with Gasteiger partial charge in [-0.3, -0.25) is 0 Å². The lowest BCUT2D eigenvalue weighted by molar-refractivity contribution is 0.109. The third kappa shape index (κ3) is 4.39. The first-order valence-electron chi connectivity index (χ1n) is 7.52. The molecule has 20 heavy (non-hydrogen) atoms. The first-order chi connectivity index (χ1) is 9.83. The summed E-state index contributed by atoms with van der Waals surface area (Å²) >= 11 is 0. The normalized spacial score (nSPS) is 13.8. The standard InChI is InChI=1S/C16H25NO3/c1-3-17(4-2)8-10-18-9-7-14-5-6-15-16(13-14)20-12-11-19-15/h5-6,13H,3-4,7-12H2,1-2H3. The monoisotopic (exact) mass is 279 g/mol. The molecule has 0 atom stereocenters. The van der Waals surface area contributed by atoms with Crippen LogP contribution in [-0.2, 0) is 11.2 Å². The molecule has 4 heteroatoms. The van der Waals surface area contributed by atoms with Crippen molar-refractivity contribution in [2.75, 3.05) is 46.1 Å². The van der Waals surface area contributed by atoms with Crippen LogP contribution in [0, 0.1) is 0 Å². The van der Waals surface area contributed by atoms with Crippen LogP contribution < -0.4 is 9.47 Å². The number of fused-ring (bicyclic) bond motifs is 1. The number of nitrogens with zero attached hydrogens (tertiary/aromatic N) is 1. The van der Waals surface area contributed by atoms with Crippen LogP contribution in [0.5, 0.6) is 11.5 Å². The van der Waals surface area contributed by atoms with E-state index in [4.69, 9.17) is 14.2 Å². The second kappa shape index (κ2) is 8.12. The van der Waals surface area contributed by atoms with Crippen molar-refractivity contribution in [2.24, 2.45) is 0 Å². The summed E-state index contributed by atoms with van der Waals surface area (Å²) in [4.78, 5) is 2.37. The first-order valence-corrected chi connectivity index (χ1v) is 7.52. The lowest BCUT2D eigenvalue weighted by atomic mass is 10.1. The van der Waals surface area contributed by atoms with Crippen molar-refractivity contribution in [1.29, 1.82) is 0 Å². The Morgan fingerprint density at radius 1 is 1.05 bits per heavy atom. The summed E-state index contributed by atoms with van der Waals surface area (Å²) in [7, 11) is 0. The molecule has 1 aromatic rings. The molecule has 0 unspecified atom stereocenters. The van der Waals surface area contributed by atoms with Gasteiger partial charge in [-0.15, -0.1) is 0 Å². The highest BCUT2D eigenvalue weighted by Crippen LogP contribution is 2.30. The maximum atomic E-state index is 5.70. The lowest BCUT2D eigenvalue weighted by Gasteiger charge is -2.19. The van der Waals surface area contributed by atoms with Crippen LogP contribution in [-0.4, -0.2) is 51.0 Å². The lowest BCUT2D eigenvalue weighted by Crippen LogP contribution is -2.27. The van der Waals surface area contributed by atoms with Crippen LogP contribution in [0.1, 0.15) is 19.4 Å². The van der Waals surface area contributed by atoms with Gasteiger partial charge in [0, 0.05) is 6.54 Å². The molecule has 0 saturated heterocycles. The Balaban J connectivity index is 1.69. The smallest absolute Gasteiger partial charge is 0.161 e. The molecule has 0 N–H and O–H groups in total. The second-order valence-corrected chi connectivity index (χ2v) is 4.87. The van der Waals surface area contributed by atoms with Crippen molar-refractivity contribution in [3.05, 3.63) is 23.8 Å². The van der Waals surface area contributed by atoms with Gasteiger partial charge in [-0.05, 0) is 37.2 Å². The maximum absolute atomic E-state index is 5.70. The Morgan fingerprint density at radius 3 is 2.55 bits per heavy atom. The highest BCUT2D eigenvalue weighted by Gasteiger charge is 2.11. The SMILES string of the molecule is CCN(CC)CCOCCc1ccc2c(c1)OCCO2. The van der Waals surface area contributed by atoms with E-state index < -0.39 is 0 Å². The number of hydrogen-bond acceptors (Lipinski definition) is 4. The van der Waals surface area contributed by atoms with Gasteiger partial charge in [0.25, 0.3) is 0 Å². The fourth-order valence-corrected chi connectivity index (χ4v) is 2.27. The van der Waals surface area contributed by atoms with Gasteiger partial charge in [0.15, 0.2) is 11.5 Å². The fraction of sp³-hybridized carbons (Fsp3) is 0.625. The molecule has 0 amide bonds. The number of ether oxygens (including phenoxy) is 3. The van der Waals surface area contributed by atoms with Crippen LogP contribution in [0.4, 0.5) is 0 Å².